The van der Waals surface area contributed by atoms with Gasteiger partial charge in [0.1, 0.15) is 17.6 Å². The molecular weight excluding hydrogens is 415 g/mol. The fourth-order valence-corrected chi connectivity index (χ4v) is 5.00. The number of nitrogens with zero attached hydrogens (tertiary/aromatic N) is 3. The van der Waals surface area contributed by atoms with Gasteiger partial charge in [0, 0.05) is 18.5 Å². The van der Waals surface area contributed by atoms with E-state index in [1.54, 1.807) is 6.07 Å². The summed E-state index contributed by atoms with van der Waals surface area (Å²) >= 11 is 0. The van der Waals surface area contributed by atoms with Gasteiger partial charge in [0.05, 0.1) is 12.2 Å². The molecule has 0 bridgehead atoms. The van der Waals surface area contributed by atoms with E-state index in [0.29, 0.717) is 24.1 Å². The summed E-state index contributed by atoms with van der Waals surface area (Å²) in [4.78, 5) is 44.4. The molecule has 3 amide bonds. The first kappa shape index (κ1) is 20.8. The Bertz CT molecular complexity index is 1090. The molecule has 1 aromatic carbocycles. The number of carbonyl (C=O) groups excluding carboxylic acids is 3. The van der Waals surface area contributed by atoms with Crippen LogP contribution in [0.25, 0.3) is 0 Å². The number of nitrogens with one attached hydrogen (secondary N) is 1. The number of fused-ring (bicyclic) bond motifs is 1. The molecule has 8 nitrogen and oxygen atoms in total. The van der Waals surface area contributed by atoms with E-state index in [-0.39, 0.29) is 36.5 Å². The minimum Gasteiger partial charge on any atom is -0.447 e. The number of likely N-dealkylation sites (tertiary alicyclic amines) is 1. The average molecular weight is 440 g/mol. The molecule has 2 saturated heterocycles. The van der Waals surface area contributed by atoms with Crippen molar-refractivity contribution in [2.24, 2.45) is 0 Å². The molecule has 3 aliphatic rings. The number of piperidine rings is 2. The topological polar surface area (TPSA) is 95.8 Å². The fourth-order valence-electron chi connectivity index (χ4n) is 5.00. The first-order valence-corrected chi connectivity index (χ1v) is 11.0. The molecule has 168 valence electrons. The summed E-state index contributed by atoms with van der Waals surface area (Å²) < 4.78 is 20.5. The van der Waals surface area contributed by atoms with E-state index in [1.807, 2.05) is 6.92 Å². The van der Waals surface area contributed by atoms with E-state index < -0.39 is 11.9 Å². The normalized spacial score (nSPS) is 22.4. The molecule has 32 heavy (non-hydrogen) atoms. The van der Waals surface area contributed by atoms with Crippen molar-refractivity contribution >= 4 is 17.7 Å². The maximum Gasteiger partial charge on any atom is 0.255 e. The summed E-state index contributed by atoms with van der Waals surface area (Å²) in [5.74, 6) is -0.568. The number of rotatable bonds is 4. The highest BCUT2D eigenvalue weighted by Crippen LogP contribution is 2.35. The Hall–Kier alpha value is -3.07. The van der Waals surface area contributed by atoms with Crippen LogP contribution in [0.15, 0.2) is 22.9 Å². The van der Waals surface area contributed by atoms with Crippen LogP contribution in [0.5, 0.6) is 0 Å². The largest absolute Gasteiger partial charge is 0.447 e. The van der Waals surface area contributed by atoms with Crippen molar-refractivity contribution in [2.45, 2.75) is 57.7 Å². The molecule has 0 radical (unpaired) electrons. The van der Waals surface area contributed by atoms with Crippen molar-refractivity contribution in [1.82, 2.24) is 20.1 Å². The summed E-state index contributed by atoms with van der Waals surface area (Å²) in [7, 11) is 0. The molecule has 5 rings (SSSR count). The summed E-state index contributed by atoms with van der Waals surface area (Å²) in [6.07, 6.45) is 3.57. The molecule has 0 spiro atoms. The van der Waals surface area contributed by atoms with E-state index in [0.717, 1.165) is 42.9 Å². The molecular formula is C23H25FN4O4. The van der Waals surface area contributed by atoms with E-state index in [2.05, 4.69) is 15.2 Å². The lowest BCUT2D eigenvalue weighted by Gasteiger charge is -2.32. The van der Waals surface area contributed by atoms with Crippen LogP contribution < -0.4 is 5.32 Å². The predicted octanol–water partition coefficient (Wildman–Crippen LogP) is 2.26. The Morgan fingerprint density at radius 2 is 1.97 bits per heavy atom. The summed E-state index contributed by atoms with van der Waals surface area (Å²) in [6.45, 7) is 4.52. The number of aromatic nitrogens is 1. The molecule has 0 aliphatic carbocycles. The van der Waals surface area contributed by atoms with Crippen LogP contribution in [0, 0.1) is 12.7 Å². The van der Waals surface area contributed by atoms with Gasteiger partial charge in [-0.3, -0.25) is 24.6 Å². The van der Waals surface area contributed by atoms with Crippen LogP contribution in [0.1, 0.15) is 64.5 Å². The maximum absolute atomic E-state index is 15.0. The summed E-state index contributed by atoms with van der Waals surface area (Å²) in [5.41, 5.74) is 2.59. The van der Waals surface area contributed by atoms with Crippen molar-refractivity contribution < 1.29 is 23.2 Å². The van der Waals surface area contributed by atoms with Crippen LogP contribution in [0.2, 0.25) is 0 Å². The van der Waals surface area contributed by atoms with Crippen LogP contribution in [-0.2, 0) is 22.7 Å². The van der Waals surface area contributed by atoms with Gasteiger partial charge >= 0.3 is 0 Å². The Morgan fingerprint density at radius 3 is 2.66 bits per heavy atom. The number of halogens is 1. The lowest BCUT2D eigenvalue weighted by molar-refractivity contribution is -0.136. The highest BCUT2D eigenvalue weighted by Gasteiger charge is 2.40. The van der Waals surface area contributed by atoms with Crippen molar-refractivity contribution in [3.63, 3.8) is 0 Å². The van der Waals surface area contributed by atoms with Gasteiger partial charge < -0.3 is 9.32 Å². The van der Waals surface area contributed by atoms with Gasteiger partial charge in [-0.1, -0.05) is 6.07 Å². The van der Waals surface area contributed by atoms with Gasteiger partial charge in [0.15, 0.2) is 6.39 Å². The first-order chi connectivity index (χ1) is 15.4. The van der Waals surface area contributed by atoms with Crippen molar-refractivity contribution in [2.75, 3.05) is 13.1 Å². The molecule has 1 N–H and O–H groups in total. The number of imide groups is 1. The molecule has 1 unspecified atom stereocenters. The Morgan fingerprint density at radius 1 is 1.19 bits per heavy atom. The zero-order valence-corrected chi connectivity index (χ0v) is 17.9. The van der Waals surface area contributed by atoms with Crippen LogP contribution in [-0.4, -0.2) is 51.6 Å². The van der Waals surface area contributed by atoms with Gasteiger partial charge in [-0.2, -0.15) is 0 Å². The number of oxazole rings is 1. The summed E-state index contributed by atoms with van der Waals surface area (Å²) in [5, 5.41) is 2.29. The van der Waals surface area contributed by atoms with E-state index >= 15 is 4.39 Å². The Kier molecular flexibility index (Phi) is 5.28. The number of hydrogen-bond acceptors (Lipinski definition) is 6. The van der Waals surface area contributed by atoms with E-state index in [1.165, 1.54) is 17.4 Å². The monoisotopic (exact) mass is 440 g/mol. The highest BCUT2D eigenvalue weighted by atomic mass is 19.1. The number of amides is 3. The van der Waals surface area contributed by atoms with Gasteiger partial charge in [-0.25, -0.2) is 9.37 Å². The average Bonchev–Trinajstić information content (AvgIpc) is 3.31. The molecule has 4 heterocycles. The molecule has 1 atom stereocenters. The third-order valence-corrected chi connectivity index (χ3v) is 6.88. The lowest BCUT2D eigenvalue weighted by Crippen LogP contribution is -2.52. The predicted molar refractivity (Wildman–Crippen MR) is 111 cm³/mol. The van der Waals surface area contributed by atoms with Crippen molar-refractivity contribution in [3.05, 3.63) is 52.5 Å². The highest BCUT2D eigenvalue weighted by molar-refractivity contribution is 6.05. The zero-order valence-electron chi connectivity index (χ0n) is 17.9. The number of benzene rings is 1. The van der Waals surface area contributed by atoms with Crippen LogP contribution in [0.4, 0.5) is 4.39 Å². The van der Waals surface area contributed by atoms with E-state index in [4.69, 9.17) is 4.42 Å². The molecule has 0 saturated carbocycles. The quantitative estimate of drug-likeness (QED) is 0.733. The minimum atomic E-state index is -0.693. The van der Waals surface area contributed by atoms with Crippen LogP contribution >= 0.6 is 0 Å². The Balaban J connectivity index is 1.28. The van der Waals surface area contributed by atoms with Gasteiger partial charge in [-0.05, 0) is 62.4 Å². The molecule has 1 aromatic heterocycles. The minimum absolute atomic E-state index is 0.0760. The smallest absolute Gasteiger partial charge is 0.255 e. The third-order valence-electron chi connectivity index (χ3n) is 6.88. The second-order valence-electron chi connectivity index (χ2n) is 8.84. The summed E-state index contributed by atoms with van der Waals surface area (Å²) in [6, 6.07) is 2.43. The molecule has 9 heteroatoms. The van der Waals surface area contributed by atoms with E-state index in [9.17, 15) is 14.4 Å². The number of hydrogen-bond donors (Lipinski definition) is 1. The molecule has 3 aliphatic heterocycles. The van der Waals surface area contributed by atoms with Crippen molar-refractivity contribution in [3.8, 4) is 0 Å². The number of carbonyl (C=O) groups is 3. The zero-order chi connectivity index (χ0) is 22.4. The van der Waals surface area contributed by atoms with Crippen molar-refractivity contribution in [1.29, 1.82) is 0 Å². The van der Waals surface area contributed by atoms with Gasteiger partial charge in [-0.15, -0.1) is 0 Å². The molecule has 2 aromatic rings. The fraction of sp³-hybridized carbons (Fsp3) is 0.478. The number of aryl methyl sites for hydroxylation is 1. The maximum atomic E-state index is 15.0. The van der Waals surface area contributed by atoms with Crippen LogP contribution in [0.3, 0.4) is 0 Å². The van der Waals surface area contributed by atoms with Gasteiger partial charge in [0.2, 0.25) is 11.8 Å². The van der Waals surface area contributed by atoms with Gasteiger partial charge in [0.25, 0.3) is 5.91 Å². The second-order valence-corrected chi connectivity index (χ2v) is 8.84. The molecule has 2 fully saturated rings. The third kappa shape index (κ3) is 3.70. The standard InChI is InChI=1S/C23H25FN4O4/c1-13-20(32-12-25-13)11-27-6-4-14(5-7-27)16-8-15-10-28(23(31)17(15)9-18(16)24)19-2-3-21(29)26-22(19)30/h8-9,12,14,19H,2-7,10-11H2,1H3,(H,26,29,30). The lowest BCUT2D eigenvalue weighted by atomic mass is 9.87. The second kappa shape index (κ2) is 8.12. The SMILES string of the molecule is Cc1ncoc1CN1CCC(c2cc3c(cc2F)C(=O)N(C2CCC(=O)NC2=O)C3)CC1. The Labute approximate surface area is 184 Å². The first-order valence-electron chi connectivity index (χ1n) is 11.0.